The number of likely N-dealkylation sites (N-methyl/N-ethyl adjacent to an activating group) is 1. The maximum Gasteiger partial charge on any atom is 0.251 e. The number of ether oxygens (including phenoxy) is 1. The average molecular weight is 364 g/mol. The summed E-state index contributed by atoms with van der Waals surface area (Å²) in [4.78, 5) is 14.1. The number of hydrogen-bond acceptors (Lipinski definition) is 3. The Balaban J connectivity index is 1.38. The van der Waals surface area contributed by atoms with Gasteiger partial charge in [-0.3, -0.25) is 4.79 Å². The Morgan fingerprint density at radius 1 is 1.26 bits per heavy atom. The van der Waals surface area contributed by atoms with Gasteiger partial charge in [-0.2, -0.15) is 0 Å². The Morgan fingerprint density at radius 3 is 3.00 bits per heavy atom. The summed E-state index contributed by atoms with van der Waals surface area (Å²) < 4.78 is 5.57. The first-order valence-corrected chi connectivity index (χ1v) is 9.90. The Labute approximate surface area is 161 Å². The molecule has 2 aromatic carbocycles. The van der Waals surface area contributed by atoms with E-state index in [-0.39, 0.29) is 5.91 Å². The molecule has 4 heteroatoms. The van der Waals surface area contributed by atoms with Gasteiger partial charge < -0.3 is 15.0 Å². The molecule has 0 saturated carbocycles. The van der Waals surface area contributed by atoms with Crippen LogP contribution < -0.4 is 10.1 Å². The molecule has 0 radical (unpaired) electrons. The minimum absolute atomic E-state index is 0.0556. The van der Waals surface area contributed by atoms with Crippen LogP contribution in [0.25, 0.3) is 0 Å². The van der Waals surface area contributed by atoms with Gasteiger partial charge in [0.2, 0.25) is 0 Å². The maximum absolute atomic E-state index is 11.7. The summed E-state index contributed by atoms with van der Waals surface area (Å²) in [5, 5.41) is 2.89. The van der Waals surface area contributed by atoms with Crippen molar-refractivity contribution in [2.75, 3.05) is 27.2 Å². The summed E-state index contributed by atoms with van der Waals surface area (Å²) >= 11 is 0. The summed E-state index contributed by atoms with van der Waals surface area (Å²) in [5.74, 6) is 1.68. The number of nitrogens with one attached hydrogen (secondary N) is 1. The van der Waals surface area contributed by atoms with E-state index in [1.165, 1.54) is 29.5 Å². The van der Waals surface area contributed by atoms with Crippen molar-refractivity contribution in [2.45, 2.75) is 38.1 Å². The number of rotatable bonds is 6. The molecule has 0 fully saturated rings. The largest absolute Gasteiger partial charge is 0.496 e. The molecule has 1 N–H and O–H groups in total. The van der Waals surface area contributed by atoms with Crippen molar-refractivity contribution < 1.29 is 9.53 Å². The highest BCUT2D eigenvalue weighted by Crippen LogP contribution is 2.36. The molecule has 0 bridgehead atoms. The fraction of sp³-hybridized carbons (Fsp3) is 0.435. The molecule has 0 aromatic heterocycles. The Kier molecular flexibility index (Phi) is 5.17. The van der Waals surface area contributed by atoms with Crippen LogP contribution in [-0.2, 0) is 19.4 Å². The van der Waals surface area contributed by atoms with Crippen molar-refractivity contribution in [1.82, 2.24) is 10.2 Å². The molecule has 142 valence electrons. The maximum atomic E-state index is 11.7. The summed E-state index contributed by atoms with van der Waals surface area (Å²) in [6, 6.07) is 12.7. The summed E-state index contributed by atoms with van der Waals surface area (Å²) in [7, 11) is 3.98. The van der Waals surface area contributed by atoms with Crippen molar-refractivity contribution in [3.8, 4) is 5.75 Å². The number of fused-ring (bicyclic) bond motifs is 2. The van der Waals surface area contributed by atoms with Gasteiger partial charge in [0.1, 0.15) is 5.75 Å². The number of amides is 1. The van der Waals surface area contributed by atoms with Crippen LogP contribution in [0.15, 0.2) is 36.4 Å². The molecular weight excluding hydrogens is 336 g/mol. The van der Waals surface area contributed by atoms with Gasteiger partial charge in [-0.05, 0) is 73.0 Å². The van der Waals surface area contributed by atoms with Gasteiger partial charge in [-0.25, -0.2) is 0 Å². The van der Waals surface area contributed by atoms with Crippen LogP contribution >= 0.6 is 0 Å². The number of benzene rings is 2. The van der Waals surface area contributed by atoms with E-state index >= 15 is 0 Å². The van der Waals surface area contributed by atoms with Crippen molar-refractivity contribution in [3.63, 3.8) is 0 Å². The molecule has 27 heavy (non-hydrogen) atoms. The van der Waals surface area contributed by atoms with Crippen LogP contribution in [0.5, 0.6) is 5.75 Å². The molecule has 1 heterocycles. The van der Waals surface area contributed by atoms with Crippen molar-refractivity contribution >= 4 is 5.91 Å². The van der Waals surface area contributed by atoms with Gasteiger partial charge >= 0.3 is 0 Å². The van der Waals surface area contributed by atoms with E-state index in [9.17, 15) is 4.79 Å². The van der Waals surface area contributed by atoms with Crippen LogP contribution in [0, 0.1) is 0 Å². The lowest BCUT2D eigenvalue weighted by Gasteiger charge is -2.30. The highest BCUT2D eigenvalue weighted by atomic mass is 16.5. The zero-order valence-corrected chi connectivity index (χ0v) is 16.3. The summed E-state index contributed by atoms with van der Waals surface area (Å²) in [6.07, 6.45) is 4.62. The second kappa shape index (κ2) is 7.73. The predicted octanol–water partition coefficient (Wildman–Crippen LogP) is 3.53. The number of hydrogen-bond donors (Lipinski definition) is 1. The Hall–Kier alpha value is -2.33. The molecule has 4 rings (SSSR count). The normalized spacial score (nSPS) is 18.2. The standard InChI is InChI=1S/C23H28N2O2/c1-25(12-11-16-9-10-20-18(13-16)14-24-23(20)26)15-17-5-3-7-21-19(17)6-4-8-22(21)27-2/h4,6,8-10,13,17H,3,5,7,11-12,14-15H2,1-2H3,(H,24,26). The second-order valence-electron chi connectivity index (χ2n) is 7.80. The van der Waals surface area contributed by atoms with E-state index in [4.69, 9.17) is 4.74 Å². The van der Waals surface area contributed by atoms with E-state index in [1.54, 1.807) is 7.11 Å². The lowest BCUT2D eigenvalue weighted by atomic mass is 9.82. The Bertz CT molecular complexity index is 846. The van der Waals surface area contributed by atoms with Crippen LogP contribution in [0.3, 0.4) is 0 Å². The minimum atomic E-state index is 0.0556. The first kappa shape index (κ1) is 18.1. The van der Waals surface area contributed by atoms with Crippen LogP contribution in [0.4, 0.5) is 0 Å². The summed E-state index contributed by atoms with van der Waals surface area (Å²) in [5.41, 5.74) is 6.14. The lowest BCUT2D eigenvalue weighted by molar-refractivity contribution is 0.0966. The summed E-state index contributed by atoms with van der Waals surface area (Å²) in [6.45, 7) is 2.76. The van der Waals surface area contributed by atoms with Crippen molar-refractivity contribution in [2.24, 2.45) is 0 Å². The topological polar surface area (TPSA) is 41.6 Å². The number of methoxy groups -OCH3 is 1. The monoisotopic (exact) mass is 364 g/mol. The van der Waals surface area contributed by atoms with Gasteiger partial charge in [0, 0.05) is 25.2 Å². The quantitative estimate of drug-likeness (QED) is 0.853. The number of carbonyl (C=O) groups excluding carboxylic acids is 1. The molecule has 1 atom stereocenters. The molecule has 0 spiro atoms. The highest BCUT2D eigenvalue weighted by Gasteiger charge is 2.24. The molecule has 4 nitrogen and oxygen atoms in total. The molecule has 1 aliphatic carbocycles. The minimum Gasteiger partial charge on any atom is -0.496 e. The van der Waals surface area contributed by atoms with E-state index in [2.05, 4.69) is 47.6 Å². The molecular formula is C23H28N2O2. The molecule has 1 unspecified atom stereocenters. The van der Waals surface area contributed by atoms with E-state index in [0.717, 1.165) is 42.8 Å². The Morgan fingerprint density at radius 2 is 2.15 bits per heavy atom. The lowest BCUT2D eigenvalue weighted by Crippen LogP contribution is -2.28. The van der Waals surface area contributed by atoms with E-state index < -0.39 is 0 Å². The van der Waals surface area contributed by atoms with Gasteiger partial charge in [-0.1, -0.05) is 24.3 Å². The van der Waals surface area contributed by atoms with Gasteiger partial charge in [-0.15, -0.1) is 0 Å². The fourth-order valence-electron chi connectivity index (χ4n) is 4.52. The fourth-order valence-corrected chi connectivity index (χ4v) is 4.52. The second-order valence-corrected chi connectivity index (χ2v) is 7.80. The molecule has 2 aromatic rings. The smallest absolute Gasteiger partial charge is 0.251 e. The van der Waals surface area contributed by atoms with Crippen LogP contribution in [0.2, 0.25) is 0 Å². The molecule has 1 amide bonds. The highest BCUT2D eigenvalue weighted by molar-refractivity contribution is 5.98. The van der Waals surface area contributed by atoms with E-state index in [0.29, 0.717) is 12.5 Å². The molecule has 0 saturated heterocycles. The van der Waals surface area contributed by atoms with Gasteiger partial charge in [0.25, 0.3) is 5.91 Å². The predicted molar refractivity (Wildman–Crippen MR) is 107 cm³/mol. The SMILES string of the molecule is COc1cccc2c1CCCC2CN(C)CCc1ccc2c(c1)CNC2=O. The first-order chi connectivity index (χ1) is 13.2. The number of nitrogens with zero attached hydrogens (tertiary/aromatic N) is 1. The first-order valence-electron chi connectivity index (χ1n) is 9.90. The van der Waals surface area contributed by atoms with Gasteiger partial charge in [0.05, 0.1) is 7.11 Å². The third-order valence-electron chi connectivity index (χ3n) is 5.98. The van der Waals surface area contributed by atoms with Crippen molar-refractivity contribution in [1.29, 1.82) is 0 Å². The number of carbonyl (C=O) groups is 1. The van der Waals surface area contributed by atoms with E-state index in [1.807, 2.05) is 6.07 Å². The zero-order valence-electron chi connectivity index (χ0n) is 16.3. The van der Waals surface area contributed by atoms with Gasteiger partial charge in [0.15, 0.2) is 0 Å². The van der Waals surface area contributed by atoms with Crippen molar-refractivity contribution in [3.05, 3.63) is 64.2 Å². The zero-order chi connectivity index (χ0) is 18.8. The molecule has 1 aliphatic heterocycles. The third-order valence-corrected chi connectivity index (χ3v) is 5.98. The molecule has 2 aliphatic rings. The average Bonchev–Trinajstić information content (AvgIpc) is 3.06. The van der Waals surface area contributed by atoms with Crippen LogP contribution in [-0.4, -0.2) is 38.1 Å². The third kappa shape index (κ3) is 3.72. The van der Waals surface area contributed by atoms with Crippen LogP contribution in [0.1, 0.15) is 51.4 Å².